The molecule has 0 radical (unpaired) electrons. The maximum absolute atomic E-state index is 12.0. The Hall–Kier alpha value is 0.608. The number of ether oxygens (including phenoxy) is 1. The lowest BCUT2D eigenvalue weighted by Crippen LogP contribution is -2.62. The van der Waals surface area contributed by atoms with E-state index < -0.39 is 58.0 Å². The number of hydrogen-bond donors (Lipinski definition) is 0. The lowest BCUT2D eigenvalue weighted by atomic mass is 10.3. The first-order chi connectivity index (χ1) is 17.6. The van der Waals surface area contributed by atoms with Gasteiger partial charge in [-0.05, 0) is 70.8 Å². The summed E-state index contributed by atoms with van der Waals surface area (Å²) in [6.07, 6.45) is 1.69. The van der Waals surface area contributed by atoms with Crippen LogP contribution < -0.4 is 0 Å². The van der Waals surface area contributed by atoms with Crippen molar-refractivity contribution in [2.24, 2.45) is 0 Å². The quantitative estimate of drug-likeness (QED) is 0.0728. The van der Waals surface area contributed by atoms with Crippen molar-refractivity contribution in [2.75, 3.05) is 0 Å². The Labute approximate surface area is 257 Å². The lowest BCUT2D eigenvalue weighted by molar-refractivity contribution is -0.142. The van der Waals surface area contributed by atoms with E-state index in [0.29, 0.717) is 12.5 Å². The fourth-order valence-electron chi connectivity index (χ4n) is 4.35. The first kappa shape index (κ1) is 40.6. The lowest BCUT2D eigenvalue weighted by Gasteiger charge is -2.46. The highest BCUT2D eigenvalue weighted by molar-refractivity contribution is 6.92. The smallest absolute Gasteiger partial charge is 0.460 e. The van der Waals surface area contributed by atoms with E-state index in [0.717, 1.165) is 18.1 Å². The van der Waals surface area contributed by atoms with Gasteiger partial charge < -0.3 is 17.1 Å². The molecule has 0 amide bonds. The van der Waals surface area contributed by atoms with Gasteiger partial charge in [-0.3, -0.25) is 0 Å². The second-order valence-electron chi connectivity index (χ2n) is 17.4. The Bertz CT molecular complexity index is 718. The fraction of sp³-hybridized carbons (Fsp3) is 0.893. The van der Waals surface area contributed by atoms with Crippen LogP contribution in [-0.4, -0.2) is 70.1 Å². The van der Waals surface area contributed by atoms with Gasteiger partial charge in [0.25, 0.3) is 0 Å². The van der Waals surface area contributed by atoms with E-state index in [1.165, 1.54) is 24.2 Å². The zero-order valence-electron chi connectivity index (χ0n) is 29.6. The Morgan fingerprint density at radius 3 is 1.12 bits per heavy atom. The molecule has 0 rings (SSSR count). The largest absolute Gasteiger partial charge is 0.469 e. The summed E-state index contributed by atoms with van der Waals surface area (Å²) in [4.78, 5) is 12.0. The van der Waals surface area contributed by atoms with Gasteiger partial charge in [0.15, 0.2) is 25.0 Å². The summed E-state index contributed by atoms with van der Waals surface area (Å²) >= 11 is 0. The number of hydrogen-bond acceptors (Lipinski definition) is 5. The average molecular weight is 681 g/mol. The van der Waals surface area contributed by atoms with E-state index in [9.17, 15) is 4.79 Å². The van der Waals surface area contributed by atoms with Crippen molar-refractivity contribution in [3.8, 4) is 0 Å². The van der Waals surface area contributed by atoms with Crippen LogP contribution in [0.1, 0.15) is 13.3 Å². The van der Waals surface area contributed by atoms with Crippen LogP contribution in [0.5, 0.6) is 0 Å². The molecule has 0 aromatic carbocycles. The van der Waals surface area contributed by atoms with Gasteiger partial charge in [-0.15, -0.1) is 0 Å². The van der Waals surface area contributed by atoms with Gasteiger partial charge in [-0.25, -0.2) is 4.79 Å². The summed E-state index contributed by atoms with van der Waals surface area (Å²) in [7, 11) is -13.0. The van der Waals surface area contributed by atoms with Crippen molar-refractivity contribution in [3.05, 3.63) is 12.7 Å². The van der Waals surface area contributed by atoms with Crippen LogP contribution in [0.3, 0.4) is 0 Å². The van der Waals surface area contributed by atoms with Gasteiger partial charge in [0.05, 0.1) is 6.10 Å². The van der Waals surface area contributed by atoms with Gasteiger partial charge in [0, 0.05) is 36.3 Å². The topological polar surface area (TPSA) is 54.0 Å². The molecule has 0 aliphatic carbocycles. The van der Waals surface area contributed by atoms with Crippen molar-refractivity contribution in [1.82, 2.24) is 0 Å². The normalized spacial score (nSPS) is 15.2. The zero-order valence-corrected chi connectivity index (χ0v) is 36.6. The summed E-state index contributed by atoms with van der Waals surface area (Å²) in [5, 5.41) is 0. The number of esters is 1. The Morgan fingerprint density at radius 1 is 0.575 bits per heavy atom. The molecule has 0 bridgehead atoms. The minimum Gasteiger partial charge on any atom is -0.460 e. The predicted molar refractivity (Wildman–Crippen MR) is 196 cm³/mol. The van der Waals surface area contributed by atoms with Crippen LogP contribution in [0, 0.1) is 0 Å². The van der Waals surface area contributed by atoms with Crippen LogP contribution in [0.4, 0.5) is 0 Å². The SMILES string of the molecule is C=CC(=O)OC(C)CC[Si](O[Si](C)(C)CC[Si](C)(C)C)(O[Si](C)(C)CC[Si](C)(C)C)O[Si](C)(C)CC[Si](C)(C)C. The minimum absolute atomic E-state index is 0.238. The molecule has 1 atom stereocenters. The number of carbonyl (C=O) groups is 1. The third kappa shape index (κ3) is 20.5. The second kappa shape index (κ2) is 15.6. The van der Waals surface area contributed by atoms with Crippen molar-refractivity contribution in [3.63, 3.8) is 0 Å². The Kier molecular flexibility index (Phi) is 15.8. The van der Waals surface area contributed by atoms with Crippen LogP contribution >= 0.6 is 0 Å². The summed E-state index contributed by atoms with van der Waals surface area (Å²) < 4.78 is 27.9. The maximum atomic E-state index is 12.0. The maximum Gasteiger partial charge on any atom is 0.469 e. The first-order valence-electron chi connectivity index (χ1n) is 15.5. The highest BCUT2D eigenvalue weighted by atomic mass is 28.5. The molecule has 238 valence electrons. The minimum atomic E-state index is -3.10. The van der Waals surface area contributed by atoms with E-state index in [-0.39, 0.29) is 12.1 Å². The summed E-state index contributed by atoms with van der Waals surface area (Å²) in [6.45, 7) is 41.8. The van der Waals surface area contributed by atoms with Gasteiger partial charge in [-0.1, -0.05) is 83.6 Å². The Balaban J connectivity index is 6.55. The number of carbonyl (C=O) groups excluding carboxylic acids is 1. The molecular weight excluding hydrogens is 613 g/mol. The molecule has 0 aromatic rings. The van der Waals surface area contributed by atoms with Crippen LogP contribution in [0.15, 0.2) is 12.7 Å². The Morgan fingerprint density at radius 2 is 0.875 bits per heavy atom. The van der Waals surface area contributed by atoms with E-state index >= 15 is 0 Å². The van der Waals surface area contributed by atoms with Crippen molar-refractivity contribution in [1.29, 1.82) is 0 Å². The molecule has 0 fully saturated rings. The van der Waals surface area contributed by atoms with E-state index in [2.05, 4.69) is 105 Å². The zero-order chi connectivity index (χ0) is 31.8. The molecule has 0 spiro atoms. The molecule has 40 heavy (non-hydrogen) atoms. The summed E-state index contributed by atoms with van der Waals surface area (Å²) in [5.41, 5.74) is 0. The number of rotatable bonds is 20. The first-order valence-corrected chi connectivity index (χ1v) is 37.9. The van der Waals surface area contributed by atoms with Crippen LogP contribution in [0.25, 0.3) is 0 Å². The van der Waals surface area contributed by atoms with Crippen molar-refractivity contribution < 1.29 is 21.9 Å². The molecule has 0 aromatic heterocycles. The summed E-state index contributed by atoms with van der Waals surface area (Å²) in [5.74, 6) is -0.373. The molecule has 0 heterocycles. The average Bonchev–Trinajstić information content (AvgIpc) is 2.71. The molecule has 0 saturated heterocycles. The van der Waals surface area contributed by atoms with Gasteiger partial charge >= 0.3 is 14.8 Å². The molecule has 0 N–H and O–H groups in total. The third-order valence-electron chi connectivity index (χ3n) is 7.07. The van der Waals surface area contributed by atoms with Gasteiger partial charge in [0.1, 0.15) is 0 Å². The van der Waals surface area contributed by atoms with E-state index in [1.807, 2.05) is 6.92 Å². The fourth-order valence-corrected chi connectivity index (χ4v) is 35.5. The molecule has 1 unspecified atom stereocenters. The molecule has 0 aliphatic rings. The third-order valence-corrected chi connectivity index (χ3v) is 29.4. The molecular formula is C28H68O5Si7. The van der Waals surface area contributed by atoms with Crippen LogP contribution in [-0.2, 0) is 21.9 Å². The molecule has 0 saturated carbocycles. The predicted octanol–water partition coefficient (Wildman–Crippen LogP) is 10.1. The van der Waals surface area contributed by atoms with E-state index in [4.69, 9.17) is 17.1 Å². The summed E-state index contributed by atoms with van der Waals surface area (Å²) in [6, 6.07) is 7.90. The van der Waals surface area contributed by atoms with E-state index in [1.54, 1.807) is 0 Å². The molecule has 0 aliphatic heterocycles. The highest BCUT2D eigenvalue weighted by Gasteiger charge is 2.52. The highest BCUT2D eigenvalue weighted by Crippen LogP contribution is 2.36. The monoisotopic (exact) mass is 680 g/mol. The van der Waals surface area contributed by atoms with Crippen molar-refractivity contribution >= 4 is 63.9 Å². The molecule has 12 heteroatoms. The van der Waals surface area contributed by atoms with Crippen molar-refractivity contribution in [2.45, 2.75) is 160 Å². The van der Waals surface area contributed by atoms with Gasteiger partial charge in [-0.2, -0.15) is 0 Å². The van der Waals surface area contributed by atoms with Crippen LogP contribution in [0.2, 0.25) is 141 Å². The standard InChI is InChI=1S/C28H68O5Si7/c1-18-28(29)30-27(2)19-20-40(31-37(12,13)24-21-34(3,4)5,32-38(14,15)25-22-35(6,7)8)33-39(16,17)26-23-36(9,10)11/h18,27H,1,19-26H2,2-17H3. The second-order valence-corrected chi connectivity index (χ2v) is 50.7. The van der Waals surface area contributed by atoms with Gasteiger partial charge in [0.2, 0.25) is 0 Å². The molecule has 5 nitrogen and oxygen atoms in total.